The summed E-state index contributed by atoms with van der Waals surface area (Å²) < 4.78 is 0. The Balaban J connectivity index is 2.50. The normalized spacial score (nSPS) is 10.2. The maximum atomic E-state index is 8.76. The summed E-state index contributed by atoms with van der Waals surface area (Å²) in [7, 11) is 1.79. The summed E-state index contributed by atoms with van der Waals surface area (Å²) >= 11 is 0. The molecule has 0 radical (unpaired) electrons. The lowest BCUT2D eigenvalue weighted by Crippen LogP contribution is -2.10. The Morgan fingerprint density at radius 2 is 2.13 bits per heavy atom. The van der Waals surface area contributed by atoms with Crippen molar-refractivity contribution in [1.29, 1.82) is 5.26 Å². The van der Waals surface area contributed by atoms with E-state index in [-0.39, 0.29) is 0 Å². The van der Waals surface area contributed by atoms with Crippen molar-refractivity contribution in [2.45, 2.75) is 13.5 Å². The molecule has 0 saturated heterocycles. The molecule has 1 aromatic carbocycles. The Labute approximate surface area is 88.9 Å². The number of aryl methyl sites for hydroxylation is 1. The lowest BCUT2D eigenvalue weighted by molar-refractivity contribution is 0.470. The smallest absolute Gasteiger partial charge is 0.179 e. The quantitative estimate of drug-likeness (QED) is 0.596. The molecule has 0 aliphatic rings. The van der Waals surface area contributed by atoms with Crippen molar-refractivity contribution in [3.05, 3.63) is 35.5 Å². The van der Waals surface area contributed by atoms with E-state index in [1.165, 1.54) is 10.9 Å². The average molecular weight is 199 g/mol. The number of hydrogen-bond donors (Lipinski definition) is 1. The first-order valence-corrected chi connectivity index (χ1v) is 4.89. The molecule has 3 heteroatoms. The summed E-state index contributed by atoms with van der Waals surface area (Å²) in [6.45, 7) is 2.70. The van der Waals surface area contributed by atoms with Gasteiger partial charge in [-0.15, -0.1) is 0 Å². The van der Waals surface area contributed by atoms with Crippen molar-refractivity contribution in [3.8, 4) is 6.19 Å². The van der Waals surface area contributed by atoms with Gasteiger partial charge in [0.05, 0.1) is 6.54 Å². The first-order valence-electron chi connectivity index (χ1n) is 4.89. The van der Waals surface area contributed by atoms with E-state index in [0.29, 0.717) is 6.54 Å². The van der Waals surface area contributed by atoms with Gasteiger partial charge in [0.15, 0.2) is 6.19 Å². The summed E-state index contributed by atoms with van der Waals surface area (Å²) in [5, 5.41) is 9.97. The summed E-state index contributed by atoms with van der Waals surface area (Å²) in [4.78, 5) is 4.95. The Bertz CT molecular complexity index is 519. The van der Waals surface area contributed by atoms with Crippen LogP contribution in [0.25, 0.3) is 10.9 Å². The number of aromatic nitrogens is 1. The lowest BCUT2D eigenvalue weighted by Gasteiger charge is -2.08. The molecule has 2 aromatic rings. The first kappa shape index (κ1) is 9.60. The molecule has 0 unspecified atom stereocenters. The van der Waals surface area contributed by atoms with Crippen LogP contribution in [-0.2, 0) is 6.54 Å². The van der Waals surface area contributed by atoms with Crippen molar-refractivity contribution in [3.63, 3.8) is 0 Å². The predicted octanol–water partition coefficient (Wildman–Crippen LogP) is 2.39. The monoisotopic (exact) mass is 199 g/mol. The minimum atomic E-state index is 0.659. The molecule has 0 aliphatic heterocycles. The van der Waals surface area contributed by atoms with E-state index < -0.39 is 0 Å². The highest BCUT2D eigenvalue weighted by molar-refractivity contribution is 5.84. The summed E-state index contributed by atoms with van der Waals surface area (Å²) in [5.41, 5.74) is 3.48. The van der Waals surface area contributed by atoms with Crippen LogP contribution in [-0.4, -0.2) is 16.9 Å². The molecule has 3 nitrogen and oxygen atoms in total. The Morgan fingerprint density at radius 1 is 1.40 bits per heavy atom. The van der Waals surface area contributed by atoms with E-state index in [1.54, 1.807) is 11.9 Å². The highest BCUT2D eigenvalue weighted by Crippen LogP contribution is 2.22. The molecular formula is C12H13N3. The number of H-pyrrole nitrogens is 1. The summed E-state index contributed by atoms with van der Waals surface area (Å²) in [6.07, 6.45) is 2.11. The molecule has 76 valence electrons. The average Bonchev–Trinajstić information content (AvgIpc) is 2.55. The van der Waals surface area contributed by atoms with Crippen molar-refractivity contribution in [1.82, 2.24) is 9.88 Å². The molecule has 0 amide bonds. The van der Waals surface area contributed by atoms with E-state index >= 15 is 0 Å². The molecule has 1 N–H and O–H groups in total. The maximum absolute atomic E-state index is 8.76. The van der Waals surface area contributed by atoms with Crippen LogP contribution >= 0.6 is 0 Å². The second-order valence-electron chi connectivity index (χ2n) is 3.73. The van der Waals surface area contributed by atoms with Crippen LogP contribution in [0.2, 0.25) is 0 Å². The highest BCUT2D eigenvalue weighted by Gasteiger charge is 2.08. The van der Waals surface area contributed by atoms with Gasteiger partial charge in [0.25, 0.3) is 0 Å². The van der Waals surface area contributed by atoms with Crippen LogP contribution in [0.1, 0.15) is 11.3 Å². The van der Waals surface area contributed by atoms with Gasteiger partial charge in [-0.3, -0.25) is 0 Å². The zero-order chi connectivity index (χ0) is 10.8. The van der Waals surface area contributed by atoms with E-state index in [9.17, 15) is 0 Å². The number of nitrogens with one attached hydrogen (secondary N) is 1. The van der Waals surface area contributed by atoms with E-state index in [1.807, 2.05) is 19.1 Å². The molecule has 0 spiro atoms. The molecule has 0 bridgehead atoms. The molecule has 2 rings (SSSR count). The molecular weight excluding hydrogens is 186 g/mol. The van der Waals surface area contributed by atoms with Gasteiger partial charge >= 0.3 is 0 Å². The Hall–Kier alpha value is -1.95. The number of benzene rings is 1. The van der Waals surface area contributed by atoms with Gasteiger partial charge < -0.3 is 9.88 Å². The number of fused-ring (bicyclic) bond motifs is 1. The lowest BCUT2D eigenvalue weighted by atomic mass is 10.1. The van der Waals surface area contributed by atoms with E-state index in [2.05, 4.69) is 23.3 Å². The van der Waals surface area contributed by atoms with Crippen LogP contribution in [0.5, 0.6) is 0 Å². The van der Waals surface area contributed by atoms with Gasteiger partial charge in [-0.05, 0) is 13.0 Å². The molecule has 0 atom stereocenters. The van der Waals surface area contributed by atoms with Crippen molar-refractivity contribution in [2.75, 3.05) is 7.05 Å². The van der Waals surface area contributed by atoms with Crippen LogP contribution in [0, 0.1) is 18.4 Å². The van der Waals surface area contributed by atoms with Crippen LogP contribution < -0.4 is 0 Å². The number of aromatic amines is 1. The third-order valence-corrected chi connectivity index (χ3v) is 2.59. The largest absolute Gasteiger partial charge is 0.358 e. The molecule has 1 aromatic heterocycles. The summed E-state index contributed by atoms with van der Waals surface area (Å²) in [5.74, 6) is 0. The third kappa shape index (κ3) is 1.66. The maximum Gasteiger partial charge on any atom is 0.179 e. The van der Waals surface area contributed by atoms with Gasteiger partial charge in [0, 0.05) is 29.2 Å². The van der Waals surface area contributed by atoms with Gasteiger partial charge in [-0.25, -0.2) is 0 Å². The zero-order valence-electron chi connectivity index (χ0n) is 8.91. The molecule has 1 heterocycles. The minimum absolute atomic E-state index is 0.659. The molecule has 0 saturated carbocycles. The number of para-hydroxylation sites is 1. The minimum Gasteiger partial charge on any atom is -0.358 e. The van der Waals surface area contributed by atoms with Gasteiger partial charge in [-0.2, -0.15) is 5.26 Å². The number of rotatable bonds is 2. The fourth-order valence-electron chi connectivity index (χ4n) is 1.81. The van der Waals surface area contributed by atoms with Gasteiger partial charge in [0.1, 0.15) is 0 Å². The SMILES string of the molecule is Cc1[nH]c2ccccc2c1CN(C)C#N. The Morgan fingerprint density at radius 3 is 2.87 bits per heavy atom. The predicted molar refractivity (Wildman–Crippen MR) is 60.1 cm³/mol. The van der Waals surface area contributed by atoms with Crippen LogP contribution in [0.4, 0.5) is 0 Å². The Kier molecular flexibility index (Phi) is 2.34. The molecule has 0 fully saturated rings. The second-order valence-corrected chi connectivity index (χ2v) is 3.73. The fraction of sp³-hybridized carbons (Fsp3) is 0.250. The van der Waals surface area contributed by atoms with E-state index in [4.69, 9.17) is 5.26 Å². The van der Waals surface area contributed by atoms with Crippen molar-refractivity contribution in [2.24, 2.45) is 0 Å². The number of hydrogen-bond acceptors (Lipinski definition) is 2. The van der Waals surface area contributed by atoms with Gasteiger partial charge in [-0.1, -0.05) is 18.2 Å². The second kappa shape index (κ2) is 3.66. The standard InChI is InChI=1S/C12H13N3/c1-9-11(7-15(2)8-13)10-5-3-4-6-12(10)14-9/h3-6,14H,7H2,1-2H3. The summed E-state index contributed by atoms with van der Waals surface area (Å²) in [6, 6.07) is 8.17. The van der Waals surface area contributed by atoms with Crippen LogP contribution in [0.15, 0.2) is 24.3 Å². The van der Waals surface area contributed by atoms with Crippen molar-refractivity contribution < 1.29 is 0 Å². The fourth-order valence-corrected chi connectivity index (χ4v) is 1.81. The highest BCUT2D eigenvalue weighted by atomic mass is 15.1. The molecule has 15 heavy (non-hydrogen) atoms. The zero-order valence-corrected chi connectivity index (χ0v) is 8.91. The molecule has 0 aliphatic carbocycles. The van der Waals surface area contributed by atoms with Gasteiger partial charge in [0.2, 0.25) is 0 Å². The van der Waals surface area contributed by atoms with Crippen molar-refractivity contribution >= 4 is 10.9 Å². The first-order chi connectivity index (χ1) is 7.22. The van der Waals surface area contributed by atoms with E-state index in [0.717, 1.165) is 11.2 Å². The third-order valence-electron chi connectivity index (χ3n) is 2.59. The van der Waals surface area contributed by atoms with Crippen LogP contribution in [0.3, 0.4) is 0 Å². The number of nitriles is 1. The topological polar surface area (TPSA) is 42.8 Å². The number of nitrogens with zero attached hydrogens (tertiary/aromatic N) is 2.